The van der Waals surface area contributed by atoms with Gasteiger partial charge in [0.05, 0.1) is 11.0 Å². The van der Waals surface area contributed by atoms with Gasteiger partial charge in [0.15, 0.2) is 0 Å². The Labute approximate surface area is 391 Å². The van der Waals surface area contributed by atoms with Crippen molar-refractivity contribution >= 4 is 96.7 Å². The highest BCUT2D eigenvalue weighted by Crippen LogP contribution is 2.43. The molecule has 1 N–H and O–H groups in total. The number of aromatic nitrogens is 2. The maximum atomic E-state index is 3.73. The van der Waals surface area contributed by atoms with Gasteiger partial charge in [-0.1, -0.05) is 176 Å². The average Bonchev–Trinajstić information content (AvgIpc) is 4.06. The molecule has 3 heterocycles. The van der Waals surface area contributed by atoms with Crippen LogP contribution in [0.4, 0.5) is 0 Å². The first-order chi connectivity index (χ1) is 33.2. The molecule has 0 aliphatic carbocycles. The lowest BCUT2D eigenvalue weighted by Crippen LogP contribution is -2.05. The number of aromatic amines is 1. The molecular formula is C64H42N2S. The number of thiophene rings is 1. The first-order valence-corrected chi connectivity index (χ1v) is 24.1. The number of nitrogens with zero attached hydrogens (tertiary/aromatic N) is 1. The van der Waals surface area contributed by atoms with Crippen LogP contribution in [0.25, 0.3) is 113 Å². The minimum absolute atomic E-state index is 0.139. The highest BCUT2D eigenvalue weighted by atomic mass is 32.1. The summed E-state index contributed by atoms with van der Waals surface area (Å²) in [5, 5.41) is 12.8. The number of rotatable bonds is 7. The topological polar surface area (TPSA) is 20.7 Å². The standard InChI is InChI=1S/C64H42N2S/c1-2-16-48(17-3-1)66-61-33-30-45(36-57(61)58-37-46-29-32-54-53-20-7-9-23-63(53)67-64(54)56(46)39-62(58)66)44-15-10-12-40(34-44)35-55(47-28-31-52-51-19-6-8-22-59(51)65-60(52)38-47)43-26-24-42(25-27-43)50-21-11-14-41-13-4-5-18-49(41)50/h1-34,36-39,55,65H,35H2. The normalized spacial score (nSPS) is 12.5. The van der Waals surface area contributed by atoms with Gasteiger partial charge in [0.1, 0.15) is 0 Å². The van der Waals surface area contributed by atoms with Crippen LogP contribution in [0.1, 0.15) is 22.6 Å². The van der Waals surface area contributed by atoms with E-state index in [4.69, 9.17) is 0 Å². The summed E-state index contributed by atoms with van der Waals surface area (Å²) >= 11 is 1.90. The lowest BCUT2D eigenvalue weighted by Gasteiger charge is -2.20. The summed E-state index contributed by atoms with van der Waals surface area (Å²) < 4.78 is 5.14. The van der Waals surface area contributed by atoms with E-state index in [1.807, 2.05) is 11.3 Å². The van der Waals surface area contributed by atoms with Crippen molar-refractivity contribution in [3.8, 4) is 27.9 Å². The third-order valence-electron chi connectivity index (χ3n) is 14.3. The molecule has 2 nitrogen and oxygen atoms in total. The first kappa shape index (κ1) is 38.1. The van der Waals surface area contributed by atoms with E-state index in [9.17, 15) is 0 Å². The molecule has 3 aromatic heterocycles. The van der Waals surface area contributed by atoms with Crippen molar-refractivity contribution in [3.63, 3.8) is 0 Å². The van der Waals surface area contributed by atoms with Gasteiger partial charge in [0.2, 0.25) is 0 Å². The zero-order valence-electron chi connectivity index (χ0n) is 36.6. The van der Waals surface area contributed by atoms with Crippen molar-refractivity contribution in [2.75, 3.05) is 0 Å². The van der Waals surface area contributed by atoms with Crippen LogP contribution in [0, 0.1) is 0 Å². The summed E-state index contributed by atoms with van der Waals surface area (Å²) in [5.41, 5.74) is 14.8. The fourth-order valence-corrected chi connectivity index (χ4v) is 12.3. The molecule has 3 heteroatoms. The molecule has 314 valence electrons. The molecule has 0 spiro atoms. The van der Waals surface area contributed by atoms with Crippen LogP contribution in [0.5, 0.6) is 0 Å². The predicted molar refractivity (Wildman–Crippen MR) is 287 cm³/mol. The molecule has 1 unspecified atom stereocenters. The summed E-state index contributed by atoms with van der Waals surface area (Å²) in [7, 11) is 0. The maximum Gasteiger partial charge on any atom is 0.0547 e. The minimum atomic E-state index is 0.139. The van der Waals surface area contributed by atoms with Crippen LogP contribution in [0.15, 0.2) is 231 Å². The van der Waals surface area contributed by atoms with E-state index < -0.39 is 0 Å². The van der Waals surface area contributed by atoms with E-state index in [0.29, 0.717) is 0 Å². The van der Waals surface area contributed by atoms with Gasteiger partial charge in [-0.25, -0.2) is 0 Å². The number of hydrogen-bond donors (Lipinski definition) is 1. The predicted octanol–water partition coefficient (Wildman–Crippen LogP) is 17.8. The Morgan fingerprint density at radius 2 is 1.09 bits per heavy atom. The smallest absolute Gasteiger partial charge is 0.0547 e. The van der Waals surface area contributed by atoms with Crippen LogP contribution in [-0.2, 0) is 6.42 Å². The molecule has 0 aliphatic rings. The van der Waals surface area contributed by atoms with Gasteiger partial charge in [-0.3, -0.25) is 0 Å². The fourth-order valence-electron chi connectivity index (χ4n) is 11.1. The molecule has 0 radical (unpaired) electrons. The molecule has 14 rings (SSSR count). The van der Waals surface area contributed by atoms with Gasteiger partial charge < -0.3 is 9.55 Å². The van der Waals surface area contributed by atoms with Crippen LogP contribution in [-0.4, -0.2) is 9.55 Å². The molecule has 14 aromatic rings. The molecule has 0 saturated heterocycles. The van der Waals surface area contributed by atoms with E-state index in [0.717, 1.165) is 6.42 Å². The Bertz CT molecular complexity index is 4240. The number of para-hydroxylation sites is 2. The second kappa shape index (κ2) is 15.2. The summed E-state index contributed by atoms with van der Waals surface area (Å²) in [6, 6.07) is 85.8. The van der Waals surface area contributed by atoms with Gasteiger partial charge >= 0.3 is 0 Å². The lowest BCUT2D eigenvalue weighted by atomic mass is 9.84. The van der Waals surface area contributed by atoms with Gasteiger partial charge in [-0.05, 0) is 116 Å². The summed E-state index contributed by atoms with van der Waals surface area (Å²) in [6.45, 7) is 0. The Morgan fingerprint density at radius 3 is 2.00 bits per heavy atom. The fraction of sp³-hybridized carbons (Fsp3) is 0.0312. The zero-order valence-corrected chi connectivity index (χ0v) is 37.4. The number of H-pyrrole nitrogens is 1. The number of hydrogen-bond acceptors (Lipinski definition) is 1. The first-order valence-electron chi connectivity index (χ1n) is 23.2. The lowest BCUT2D eigenvalue weighted by molar-refractivity contribution is 0.806. The van der Waals surface area contributed by atoms with E-state index in [1.165, 1.54) is 130 Å². The Kier molecular flexibility index (Phi) is 8.62. The van der Waals surface area contributed by atoms with E-state index in [1.54, 1.807) is 0 Å². The SMILES string of the molecule is c1ccc(-n2c3ccc(-c4cccc(CC(c5ccc(-c6cccc7ccccc67)cc5)c5ccc6c(c5)[nH]c5ccccc56)c4)cc3c3cc4ccc5c6ccccc6sc5c4cc32)cc1. The maximum absolute atomic E-state index is 3.73. The second-order valence-corrected chi connectivity index (χ2v) is 19.2. The van der Waals surface area contributed by atoms with Gasteiger partial charge in [-0.2, -0.15) is 0 Å². The third-order valence-corrected chi connectivity index (χ3v) is 15.5. The summed E-state index contributed by atoms with van der Waals surface area (Å²) in [4.78, 5) is 3.73. The highest BCUT2D eigenvalue weighted by Gasteiger charge is 2.20. The van der Waals surface area contributed by atoms with E-state index in [2.05, 4.69) is 240 Å². The molecule has 0 bridgehead atoms. The molecule has 0 aliphatic heterocycles. The number of nitrogens with one attached hydrogen (secondary N) is 1. The van der Waals surface area contributed by atoms with E-state index in [-0.39, 0.29) is 5.92 Å². The quantitative estimate of drug-likeness (QED) is 0.165. The van der Waals surface area contributed by atoms with Crippen molar-refractivity contribution in [3.05, 3.63) is 247 Å². The zero-order chi connectivity index (χ0) is 44.0. The van der Waals surface area contributed by atoms with Crippen LogP contribution < -0.4 is 0 Å². The molecule has 67 heavy (non-hydrogen) atoms. The minimum Gasteiger partial charge on any atom is -0.355 e. The molecular weight excluding hydrogens is 829 g/mol. The Hall–Kier alpha value is -8.24. The van der Waals surface area contributed by atoms with Crippen molar-refractivity contribution in [2.45, 2.75) is 12.3 Å². The van der Waals surface area contributed by atoms with Gasteiger partial charge in [0, 0.05) is 69.7 Å². The Balaban J connectivity index is 0.884. The average molecular weight is 871 g/mol. The number of fused-ring (bicyclic) bond motifs is 12. The van der Waals surface area contributed by atoms with Crippen LogP contribution in [0.2, 0.25) is 0 Å². The molecule has 0 saturated carbocycles. The summed E-state index contributed by atoms with van der Waals surface area (Å²) in [5.74, 6) is 0.139. The van der Waals surface area contributed by atoms with Crippen molar-refractivity contribution in [1.82, 2.24) is 9.55 Å². The van der Waals surface area contributed by atoms with Crippen molar-refractivity contribution in [2.24, 2.45) is 0 Å². The largest absolute Gasteiger partial charge is 0.355 e. The monoisotopic (exact) mass is 870 g/mol. The van der Waals surface area contributed by atoms with Crippen LogP contribution >= 0.6 is 11.3 Å². The Morgan fingerprint density at radius 1 is 0.388 bits per heavy atom. The van der Waals surface area contributed by atoms with E-state index >= 15 is 0 Å². The van der Waals surface area contributed by atoms with Crippen LogP contribution in [0.3, 0.4) is 0 Å². The van der Waals surface area contributed by atoms with Gasteiger partial charge in [-0.15, -0.1) is 11.3 Å². The number of benzene rings is 11. The third kappa shape index (κ3) is 6.23. The molecule has 1 atom stereocenters. The molecule has 0 fully saturated rings. The summed E-state index contributed by atoms with van der Waals surface area (Å²) in [6.07, 6.45) is 0.862. The second-order valence-electron chi connectivity index (χ2n) is 18.1. The van der Waals surface area contributed by atoms with Crippen molar-refractivity contribution < 1.29 is 0 Å². The molecule has 0 amide bonds. The van der Waals surface area contributed by atoms with Gasteiger partial charge in [0.25, 0.3) is 0 Å². The molecule has 11 aromatic carbocycles. The highest BCUT2D eigenvalue weighted by molar-refractivity contribution is 7.26. The van der Waals surface area contributed by atoms with Crippen molar-refractivity contribution in [1.29, 1.82) is 0 Å².